The van der Waals surface area contributed by atoms with E-state index in [4.69, 9.17) is 10.3 Å². The van der Waals surface area contributed by atoms with Gasteiger partial charge >= 0.3 is 5.97 Å². The second-order valence-corrected chi connectivity index (χ2v) is 4.22. The lowest BCUT2D eigenvalue weighted by Crippen LogP contribution is -2.48. The van der Waals surface area contributed by atoms with Crippen LogP contribution in [-0.4, -0.2) is 39.0 Å². The zero-order valence-electron chi connectivity index (χ0n) is 7.06. The number of fused-ring (bicyclic) bond motifs is 1. The average Bonchev–Trinajstić information content (AvgIpc) is 2.39. The zero-order valence-corrected chi connectivity index (χ0v) is 7.87. The van der Waals surface area contributed by atoms with Crippen molar-refractivity contribution in [1.29, 1.82) is 0 Å². The van der Waals surface area contributed by atoms with Crippen LogP contribution in [-0.2, 0) is 9.59 Å². The molecule has 0 radical (unpaired) electrons. The first-order chi connectivity index (χ1) is 6.65. The highest BCUT2D eigenvalue weighted by Crippen LogP contribution is 2.45. The van der Waals surface area contributed by atoms with E-state index in [-0.39, 0.29) is 23.5 Å². The van der Waals surface area contributed by atoms with Gasteiger partial charge in [-0.2, -0.15) is 0 Å². The molecule has 0 unspecified atom stereocenters. The van der Waals surface area contributed by atoms with Gasteiger partial charge in [-0.05, 0) is 0 Å². The van der Waals surface area contributed by atoms with Crippen molar-refractivity contribution in [2.24, 2.45) is 0 Å². The van der Waals surface area contributed by atoms with E-state index < -0.39 is 5.97 Å². The molecule has 0 aliphatic carbocycles. The van der Waals surface area contributed by atoms with Gasteiger partial charge < -0.3 is 10.3 Å². The quantitative estimate of drug-likeness (QED) is 0.438. The molecule has 2 aliphatic heterocycles. The van der Waals surface area contributed by atoms with Gasteiger partial charge in [-0.3, -0.25) is 9.69 Å². The number of thioether (sulfide) groups is 1. The SMILES string of the molecule is O=C(O)C1=C(CNO)S[C@@H]2CC(=O)N12. The lowest BCUT2D eigenvalue weighted by molar-refractivity contribution is -0.145. The molecule has 0 spiro atoms. The van der Waals surface area contributed by atoms with Gasteiger partial charge in [-0.1, -0.05) is 0 Å². The summed E-state index contributed by atoms with van der Waals surface area (Å²) < 4.78 is 0. The molecule has 2 heterocycles. The summed E-state index contributed by atoms with van der Waals surface area (Å²) >= 11 is 1.31. The smallest absolute Gasteiger partial charge is 0.353 e. The number of carbonyl (C=O) groups excluding carboxylic acids is 1. The molecule has 0 saturated carbocycles. The van der Waals surface area contributed by atoms with Gasteiger partial charge in [-0.15, -0.1) is 11.8 Å². The Kier molecular flexibility index (Phi) is 2.22. The Morgan fingerprint density at radius 3 is 2.93 bits per heavy atom. The molecule has 2 aliphatic rings. The molecule has 1 amide bonds. The highest BCUT2D eigenvalue weighted by molar-refractivity contribution is 8.04. The summed E-state index contributed by atoms with van der Waals surface area (Å²) in [5.74, 6) is -1.30. The predicted octanol–water partition coefficient (Wildman–Crippen LogP) is -0.433. The van der Waals surface area contributed by atoms with Crippen LogP contribution in [0.1, 0.15) is 6.42 Å². The molecule has 0 aromatic heterocycles. The predicted molar refractivity (Wildman–Crippen MR) is 47.3 cm³/mol. The zero-order chi connectivity index (χ0) is 10.3. The van der Waals surface area contributed by atoms with E-state index in [2.05, 4.69) is 0 Å². The fraction of sp³-hybridized carbons (Fsp3) is 0.429. The molecule has 7 heteroatoms. The summed E-state index contributed by atoms with van der Waals surface area (Å²) in [7, 11) is 0. The third-order valence-electron chi connectivity index (χ3n) is 2.13. The maximum absolute atomic E-state index is 11.1. The van der Waals surface area contributed by atoms with Gasteiger partial charge in [0.1, 0.15) is 5.70 Å². The molecule has 0 aromatic carbocycles. The second-order valence-electron chi connectivity index (χ2n) is 2.95. The van der Waals surface area contributed by atoms with Crippen molar-refractivity contribution >= 4 is 23.6 Å². The Morgan fingerprint density at radius 2 is 2.43 bits per heavy atom. The molecular formula is C7H8N2O4S. The average molecular weight is 216 g/mol. The Balaban J connectivity index is 2.28. The van der Waals surface area contributed by atoms with Crippen molar-refractivity contribution in [2.45, 2.75) is 11.8 Å². The minimum Gasteiger partial charge on any atom is -0.477 e. The van der Waals surface area contributed by atoms with E-state index >= 15 is 0 Å². The van der Waals surface area contributed by atoms with Gasteiger partial charge in [0.05, 0.1) is 18.3 Å². The molecule has 1 fully saturated rings. The van der Waals surface area contributed by atoms with Crippen LogP contribution in [0.4, 0.5) is 0 Å². The number of carboxylic acid groups (broad SMARTS) is 1. The van der Waals surface area contributed by atoms with E-state index in [1.54, 1.807) is 0 Å². The maximum Gasteiger partial charge on any atom is 0.353 e. The third-order valence-corrected chi connectivity index (χ3v) is 3.40. The first-order valence-electron chi connectivity index (χ1n) is 3.97. The van der Waals surface area contributed by atoms with Crippen LogP contribution in [0, 0.1) is 0 Å². The lowest BCUT2D eigenvalue weighted by atomic mass is 10.1. The third kappa shape index (κ3) is 1.21. The molecule has 3 N–H and O–H groups in total. The van der Waals surface area contributed by atoms with Crippen molar-refractivity contribution in [2.75, 3.05) is 6.54 Å². The van der Waals surface area contributed by atoms with E-state index in [1.807, 2.05) is 5.48 Å². The summed E-state index contributed by atoms with van der Waals surface area (Å²) in [6.07, 6.45) is 0.371. The number of aliphatic carboxylic acids is 1. The molecule has 1 atom stereocenters. The highest BCUT2D eigenvalue weighted by Gasteiger charge is 2.48. The fourth-order valence-corrected chi connectivity index (χ4v) is 2.85. The number of nitrogens with zero attached hydrogens (tertiary/aromatic N) is 1. The van der Waals surface area contributed by atoms with Crippen molar-refractivity contribution in [3.8, 4) is 0 Å². The molecule has 76 valence electrons. The summed E-state index contributed by atoms with van der Waals surface area (Å²) in [5.41, 5.74) is 1.90. The van der Waals surface area contributed by atoms with Crippen LogP contribution >= 0.6 is 11.8 Å². The molecule has 0 bridgehead atoms. The number of β-lactam (4-membered cyclic amide) rings is 1. The topological polar surface area (TPSA) is 89.9 Å². The monoisotopic (exact) mass is 216 g/mol. The highest BCUT2D eigenvalue weighted by atomic mass is 32.2. The normalized spacial score (nSPS) is 25.1. The number of nitrogens with one attached hydrogen (secondary N) is 1. The standard InChI is InChI=1S/C7H8N2O4S/c10-4-1-5-9(4)6(7(11)12)3(14-5)2-8-13/h5,8,13H,1-2H2,(H,11,12)/t5-/m1/s1. The first kappa shape index (κ1) is 9.50. The molecule has 0 aromatic rings. The number of carboxylic acids is 1. The van der Waals surface area contributed by atoms with E-state index in [0.717, 1.165) is 0 Å². The lowest BCUT2D eigenvalue weighted by Gasteiger charge is -2.33. The number of hydroxylamine groups is 1. The van der Waals surface area contributed by atoms with Crippen LogP contribution in [0.25, 0.3) is 0 Å². The van der Waals surface area contributed by atoms with Crippen molar-refractivity contribution in [3.05, 3.63) is 10.6 Å². The summed E-state index contributed by atoms with van der Waals surface area (Å²) in [6.45, 7) is 0.0621. The second kappa shape index (κ2) is 3.26. The van der Waals surface area contributed by atoms with E-state index in [9.17, 15) is 9.59 Å². The molecule has 2 rings (SSSR count). The van der Waals surface area contributed by atoms with Crippen LogP contribution < -0.4 is 5.48 Å². The van der Waals surface area contributed by atoms with Gasteiger partial charge in [0.25, 0.3) is 0 Å². The van der Waals surface area contributed by atoms with Gasteiger partial charge in [0.15, 0.2) is 0 Å². The number of rotatable bonds is 3. The summed E-state index contributed by atoms with van der Waals surface area (Å²) in [4.78, 5) is 23.7. The molecule has 6 nitrogen and oxygen atoms in total. The first-order valence-corrected chi connectivity index (χ1v) is 4.85. The Bertz CT molecular complexity index is 341. The van der Waals surface area contributed by atoms with Crippen LogP contribution in [0.2, 0.25) is 0 Å². The molecular weight excluding hydrogens is 208 g/mol. The summed E-state index contributed by atoms with van der Waals surface area (Å²) in [6, 6.07) is 0. The number of hydrogen-bond acceptors (Lipinski definition) is 5. The van der Waals surface area contributed by atoms with Crippen molar-refractivity contribution in [1.82, 2.24) is 10.4 Å². The van der Waals surface area contributed by atoms with Gasteiger partial charge in [-0.25, -0.2) is 10.3 Å². The van der Waals surface area contributed by atoms with E-state index in [0.29, 0.717) is 11.3 Å². The van der Waals surface area contributed by atoms with Gasteiger partial charge in [0.2, 0.25) is 5.91 Å². The maximum atomic E-state index is 11.1. The molecule has 14 heavy (non-hydrogen) atoms. The van der Waals surface area contributed by atoms with Crippen LogP contribution in [0.5, 0.6) is 0 Å². The number of hydrogen-bond donors (Lipinski definition) is 3. The van der Waals surface area contributed by atoms with Crippen molar-refractivity contribution in [3.63, 3.8) is 0 Å². The van der Waals surface area contributed by atoms with Crippen LogP contribution in [0.15, 0.2) is 10.6 Å². The number of amides is 1. The largest absolute Gasteiger partial charge is 0.477 e. The van der Waals surface area contributed by atoms with Crippen molar-refractivity contribution < 1.29 is 19.9 Å². The van der Waals surface area contributed by atoms with Crippen LogP contribution in [0.3, 0.4) is 0 Å². The van der Waals surface area contributed by atoms with Gasteiger partial charge in [0, 0.05) is 4.91 Å². The Labute approximate surface area is 83.5 Å². The number of carbonyl (C=O) groups is 2. The minimum atomic E-state index is -1.13. The Morgan fingerprint density at radius 1 is 1.71 bits per heavy atom. The fourth-order valence-electron chi connectivity index (χ4n) is 1.52. The minimum absolute atomic E-state index is 0.00204. The Hall–Kier alpha value is -1.05. The molecule has 1 saturated heterocycles. The van der Waals surface area contributed by atoms with E-state index in [1.165, 1.54) is 16.7 Å². The summed E-state index contributed by atoms with van der Waals surface area (Å²) in [5, 5.41) is 17.3.